The minimum absolute atomic E-state index is 0.540. The van der Waals surface area contributed by atoms with Gasteiger partial charge in [0.15, 0.2) is 0 Å². The van der Waals surface area contributed by atoms with Crippen molar-refractivity contribution in [3.8, 4) is 28.3 Å². The smallest absolute Gasteiger partial charge is 0.128 e. The van der Waals surface area contributed by atoms with E-state index in [1.165, 1.54) is 11.3 Å². The van der Waals surface area contributed by atoms with Gasteiger partial charge < -0.3 is 14.5 Å². The zero-order valence-corrected chi connectivity index (χ0v) is 23.7. The highest BCUT2D eigenvalue weighted by Crippen LogP contribution is 2.32. The van der Waals surface area contributed by atoms with E-state index in [9.17, 15) is 5.26 Å². The van der Waals surface area contributed by atoms with Crippen LogP contribution in [0.5, 0.6) is 0 Å². The predicted molar refractivity (Wildman–Crippen MR) is 162 cm³/mol. The summed E-state index contributed by atoms with van der Waals surface area (Å²) >= 11 is 0. The normalized spacial score (nSPS) is 16.2. The van der Waals surface area contributed by atoms with Gasteiger partial charge in [-0.15, -0.1) is 0 Å². The van der Waals surface area contributed by atoms with E-state index in [2.05, 4.69) is 73.4 Å². The molecule has 5 aromatic rings. The summed E-state index contributed by atoms with van der Waals surface area (Å²) in [5.74, 6) is 0.973. The average molecular weight is 560 g/mol. The molecule has 4 aromatic heterocycles. The number of para-hydroxylation sites is 1. The summed E-state index contributed by atoms with van der Waals surface area (Å²) in [7, 11) is 1.90. The molecule has 0 saturated carbocycles. The molecule has 42 heavy (non-hydrogen) atoms. The number of nitrogens with zero attached hydrogens (tertiary/aromatic N) is 9. The third-order valence-corrected chi connectivity index (χ3v) is 8.26. The standard InChI is InChI=1S/C32H33N9O/c1-37-21-28(20-35-37)26-16-29(32-27(17-33)19-36-41(32)23-26)24-6-7-31(34-18-24)40-10-8-38(9-11-40)22-25-4-2-3-5-30(25)39-12-14-42-15-13-39/h2-7,16,18-21,23H,8-15,22H2,1H3. The SMILES string of the molecule is Cn1cc(-c2cc(-c3ccc(N4CCN(Cc5ccccc5N5CCOCC5)CC4)nc3)c3c(C#N)cnn3c2)cn1. The Morgan fingerprint density at radius 1 is 0.833 bits per heavy atom. The van der Waals surface area contributed by atoms with E-state index in [0.29, 0.717) is 5.56 Å². The maximum absolute atomic E-state index is 9.75. The molecule has 10 nitrogen and oxygen atoms in total. The van der Waals surface area contributed by atoms with Crippen LogP contribution < -0.4 is 9.80 Å². The van der Waals surface area contributed by atoms with Crippen LogP contribution in [-0.2, 0) is 18.3 Å². The van der Waals surface area contributed by atoms with Crippen molar-refractivity contribution in [2.75, 3.05) is 62.3 Å². The Kier molecular flexibility index (Phi) is 7.03. The van der Waals surface area contributed by atoms with Crippen LogP contribution in [0.1, 0.15) is 11.1 Å². The third kappa shape index (κ3) is 5.09. The largest absolute Gasteiger partial charge is 0.378 e. The van der Waals surface area contributed by atoms with Gasteiger partial charge in [-0.25, -0.2) is 9.50 Å². The van der Waals surface area contributed by atoms with Gasteiger partial charge >= 0.3 is 0 Å². The highest BCUT2D eigenvalue weighted by atomic mass is 16.5. The number of aromatic nitrogens is 5. The summed E-state index contributed by atoms with van der Waals surface area (Å²) in [4.78, 5) is 12.2. The van der Waals surface area contributed by atoms with Gasteiger partial charge in [-0.05, 0) is 29.8 Å². The molecule has 2 aliphatic rings. The molecular weight excluding hydrogens is 526 g/mol. The molecule has 0 unspecified atom stereocenters. The summed E-state index contributed by atoms with van der Waals surface area (Å²) in [6.45, 7) is 8.25. The minimum atomic E-state index is 0.540. The molecule has 0 atom stereocenters. The summed E-state index contributed by atoms with van der Waals surface area (Å²) < 4.78 is 9.12. The van der Waals surface area contributed by atoms with Crippen LogP contribution in [0.25, 0.3) is 27.8 Å². The fraction of sp³-hybridized carbons (Fsp3) is 0.312. The molecule has 0 bridgehead atoms. The molecule has 10 heteroatoms. The summed E-state index contributed by atoms with van der Waals surface area (Å²) in [6.07, 6.45) is 9.28. The molecule has 2 saturated heterocycles. The van der Waals surface area contributed by atoms with Crippen LogP contribution in [-0.4, -0.2) is 81.8 Å². The van der Waals surface area contributed by atoms with Gasteiger partial charge in [0.05, 0.1) is 36.7 Å². The molecule has 2 fully saturated rings. The van der Waals surface area contributed by atoms with E-state index >= 15 is 0 Å². The monoisotopic (exact) mass is 559 g/mol. The number of nitriles is 1. The van der Waals surface area contributed by atoms with Gasteiger partial charge in [0.1, 0.15) is 11.9 Å². The number of pyridine rings is 2. The number of hydrogen-bond acceptors (Lipinski definition) is 8. The number of piperazine rings is 1. The third-order valence-electron chi connectivity index (χ3n) is 8.26. The van der Waals surface area contributed by atoms with Crippen molar-refractivity contribution in [2.24, 2.45) is 7.05 Å². The number of hydrogen-bond donors (Lipinski definition) is 0. The molecule has 212 valence electrons. The van der Waals surface area contributed by atoms with Crippen molar-refractivity contribution in [2.45, 2.75) is 6.54 Å². The molecule has 6 heterocycles. The Balaban J connectivity index is 1.07. The Morgan fingerprint density at radius 2 is 1.67 bits per heavy atom. The number of anilines is 2. The van der Waals surface area contributed by atoms with Crippen molar-refractivity contribution >= 4 is 17.0 Å². The van der Waals surface area contributed by atoms with Crippen molar-refractivity contribution in [1.82, 2.24) is 29.3 Å². The van der Waals surface area contributed by atoms with Gasteiger partial charge in [0.2, 0.25) is 0 Å². The van der Waals surface area contributed by atoms with E-state index in [4.69, 9.17) is 9.72 Å². The van der Waals surface area contributed by atoms with Crippen LogP contribution in [0.15, 0.2) is 73.4 Å². The lowest BCUT2D eigenvalue weighted by molar-refractivity contribution is 0.122. The fourth-order valence-electron chi connectivity index (χ4n) is 6.02. The minimum Gasteiger partial charge on any atom is -0.378 e. The molecule has 1 aromatic carbocycles. The van der Waals surface area contributed by atoms with Crippen molar-refractivity contribution in [3.05, 3.63) is 84.6 Å². The second-order valence-corrected chi connectivity index (χ2v) is 10.9. The van der Waals surface area contributed by atoms with Crippen LogP contribution in [0, 0.1) is 11.3 Å². The first-order chi connectivity index (χ1) is 20.7. The summed E-state index contributed by atoms with van der Waals surface area (Å²) in [5.41, 5.74) is 7.88. The first kappa shape index (κ1) is 26.2. The first-order valence-electron chi connectivity index (χ1n) is 14.4. The Hall–Kier alpha value is -4.72. The van der Waals surface area contributed by atoms with Crippen LogP contribution in [0.2, 0.25) is 0 Å². The maximum atomic E-state index is 9.75. The maximum Gasteiger partial charge on any atom is 0.128 e. The van der Waals surface area contributed by atoms with Crippen molar-refractivity contribution in [1.29, 1.82) is 5.26 Å². The van der Waals surface area contributed by atoms with E-state index < -0.39 is 0 Å². The first-order valence-corrected chi connectivity index (χ1v) is 14.4. The zero-order valence-electron chi connectivity index (χ0n) is 23.7. The lowest BCUT2D eigenvalue weighted by Gasteiger charge is -2.37. The highest BCUT2D eigenvalue weighted by Gasteiger charge is 2.21. The molecular formula is C32H33N9O. The summed E-state index contributed by atoms with van der Waals surface area (Å²) in [5, 5.41) is 18.5. The van der Waals surface area contributed by atoms with Gasteiger partial charge in [-0.2, -0.15) is 15.5 Å². The molecule has 0 radical (unpaired) electrons. The van der Waals surface area contributed by atoms with E-state index in [1.54, 1.807) is 15.4 Å². The fourth-order valence-corrected chi connectivity index (χ4v) is 6.02. The van der Waals surface area contributed by atoms with Crippen LogP contribution in [0.4, 0.5) is 11.5 Å². The number of aryl methyl sites for hydroxylation is 1. The highest BCUT2D eigenvalue weighted by molar-refractivity contribution is 5.87. The second kappa shape index (κ2) is 11.3. The molecule has 0 N–H and O–H groups in total. The van der Waals surface area contributed by atoms with Gasteiger partial charge in [-0.1, -0.05) is 18.2 Å². The van der Waals surface area contributed by atoms with Crippen LogP contribution in [0.3, 0.4) is 0 Å². The van der Waals surface area contributed by atoms with Crippen molar-refractivity contribution in [3.63, 3.8) is 0 Å². The Bertz CT molecular complexity index is 1740. The van der Waals surface area contributed by atoms with E-state index in [0.717, 1.165) is 92.6 Å². The number of rotatable bonds is 6. The van der Waals surface area contributed by atoms with E-state index in [1.807, 2.05) is 31.8 Å². The lowest BCUT2D eigenvalue weighted by atomic mass is 10.0. The number of ether oxygens (including phenoxy) is 1. The Labute approximate surface area is 245 Å². The van der Waals surface area contributed by atoms with E-state index in [-0.39, 0.29) is 0 Å². The van der Waals surface area contributed by atoms with Crippen LogP contribution >= 0.6 is 0 Å². The molecule has 0 spiro atoms. The number of fused-ring (bicyclic) bond motifs is 1. The number of morpholine rings is 1. The molecule has 2 aliphatic heterocycles. The average Bonchev–Trinajstić information content (AvgIpc) is 3.68. The lowest BCUT2D eigenvalue weighted by Crippen LogP contribution is -2.46. The quantitative estimate of drug-likeness (QED) is 0.310. The van der Waals surface area contributed by atoms with Gasteiger partial charge in [0, 0.05) is 99.4 Å². The summed E-state index contributed by atoms with van der Waals surface area (Å²) in [6, 6.07) is 17.4. The molecule has 0 aliphatic carbocycles. The number of benzene rings is 1. The molecule has 0 amide bonds. The van der Waals surface area contributed by atoms with Crippen molar-refractivity contribution < 1.29 is 4.74 Å². The topological polar surface area (TPSA) is 90.8 Å². The zero-order chi connectivity index (χ0) is 28.5. The van der Waals surface area contributed by atoms with Gasteiger partial charge in [0.25, 0.3) is 0 Å². The molecule has 7 rings (SSSR count). The second-order valence-electron chi connectivity index (χ2n) is 10.9. The predicted octanol–water partition coefficient (Wildman–Crippen LogP) is 3.83. The van der Waals surface area contributed by atoms with Gasteiger partial charge in [-0.3, -0.25) is 9.58 Å². The Morgan fingerprint density at radius 3 is 2.40 bits per heavy atom.